The standard InChI is InChI=1S/C22H27ClN3O3S/c1-26(2)22(12-4-3-5-13-22)16-24-21(27)17-8-6-11-20(14-17)30(28,29)25-19-10-7-9-18(23)15-19/h6-11,14-15H,3-5,12-13,16H2,1-2H3,(H,24,27)/q-1/p+1. The average Bonchev–Trinajstić information content (AvgIpc) is 2.72. The van der Waals surface area contributed by atoms with Gasteiger partial charge in [-0.25, -0.2) is 8.42 Å². The van der Waals surface area contributed by atoms with E-state index >= 15 is 0 Å². The number of nitrogens with one attached hydrogen (secondary N) is 2. The Labute approximate surface area is 183 Å². The second-order valence-electron chi connectivity index (χ2n) is 8.10. The molecule has 0 aromatic heterocycles. The van der Waals surface area contributed by atoms with Gasteiger partial charge < -0.3 is 14.9 Å². The molecule has 2 aromatic rings. The van der Waals surface area contributed by atoms with Gasteiger partial charge in [-0.3, -0.25) is 4.79 Å². The fraction of sp³-hybridized carbons (Fsp3) is 0.409. The molecular formula is C22H28ClN3O3S. The van der Waals surface area contributed by atoms with E-state index in [1.807, 2.05) is 0 Å². The Hall–Kier alpha value is -2.09. The average molecular weight is 450 g/mol. The highest BCUT2D eigenvalue weighted by Gasteiger charge is 2.38. The highest BCUT2D eigenvalue weighted by atomic mass is 35.5. The summed E-state index contributed by atoms with van der Waals surface area (Å²) in [5.41, 5.74) is 0.571. The van der Waals surface area contributed by atoms with Gasteiger partial charge in [0.25, 0.3) is 5.91 Å². The maximum atomic E-state index is 12.8. The number of likely N-dealkylation sites (N-methyl/N-ethyl adjacent to an activating group) is 1. The minimum absolute atomic E-state index is 0.0271. The van der Waals surface area contributed by atoms with Crippen LogP contribution in [0.3, 0.4) is 0 Å². The number of rotatable bonds is 7. The SMILES string of the molecule is C[NH+](C)C1(CNC(=O)c2cccc(S(=O)(=O)[N-]c3cccc(Cl)c3)c2)CCCCC1. The van der Waals surface area contributed by atoms with Gasteiger partial charge in [-0.2, -0.15) is 0 Å². The zero-order chi connectivity index (χ0) is 21.8. The van der Waals surface area contributed by atoms with E-state index in [0.717, 1.165) is 12.8 Å². The molecule has 0 bridgehead atoms. The number of nitrogens with zero attached hydrogens (tertiary/aromatic N) is 1. The molecule has 8 heteroatoms. The van der Waals surface area contributed by atoms with Gasteiger partial charge in [0.15, 0.2) is 0 Å². The highest BCUT2D eigenvalue weighted by Crippen LogP contribution is 2.30. The van der Waals surface area contributed by atoms with E-state index < -0.39 is 10.0 Å². The fourth-order valence-electron chi connectivity index (χ4n) is 3.96. The van der Waals surface area contributed by atoms with Gasteiger partial charge in [0.1, 0.15) is 15.6 Å². The molecule has 2 aromatic carbocycles. The molecule has 3 rings (SSSR count). The van der Waals surface area contributed by atoms with Gasteiger partial charge >= 0.3 is 0 Å². The molecule has 0 saturated heterocycles. The molecule has 0 unspecified atom stereocenters. The Morgan fingerprint density at radius 1 is 1.10 bits per heavy atom. The van der Waals surface area contributed by atoms with Gasteiger partial charge in [0.05, 0.1) is 25.5 Å². The molecule has 1 aliphatic rings. The number of quaternary nitrogens is 1. The van der Waals surface area contributed by atoms with E-state index in [1.54, 1.807) is 30.3 Å². The van der Waals surface area contributed by atoms with Crippen molar-refractivity contribution in [3.8, 4) is 0 Å². The van der Waals surface area contributed by atoms with Crippen molar-refractivity contribution in [2.45, 2.75) is 42.5 Å². The smallest absolute Gasteiger partial charge is 0.251 e. The number of hydrogen-bond acceptors (Lipinski definition) is 3. The molecule has 1 saturated carbocycles. The topological polar surface area (TPSA) is 81.8 Å². The third kappa shape index (κ3) is 5.33. The molecule has 30 heavy (non-hydrogen) atoms. The molecule has 0 radical (unpaired) electrons. The zero-order valence-corrected chi connectivity index (χ0v) is 18.9. The third-order valence-electron chi connectivity index (χ3n) is 5.89. The third-order valence-corrected chi connectivity index (χ3v) is 7.42. The van der Waals surface area contributed by atoms with Crippen molar-refractivity contribution >= 4 is 33.2 Å². The van der Waals surface area contributed by atoms with Gasteiger partial charge in [0, 0.05) is 23.4 Å². The highest BCUT2D eigenvalue weighted by molar-refractivity contribution is 7.94. The van der Waals surface area contributed by atoms with Crippen molar-refractivity contribution in [3.63, 3.8) is 0 Å². The number of benzene rings is 2. The summed E-state index contributed by atoms with van der Waals surface area (Å²) in [6.45, 7) is 0.567. The minimum Gasteiger partial charge on any atom is -0.573 e. The van der Waals surface area contributed by atoms with Crippen molar-refractivity contribution in [1.29, 1.82) is 0 Å². The number of amides is 1. The summed E-state index contributed by atoms with van der Waals surface area (Å²) in [5.74, 6) is -0.277. The summed E-state index contributed by atoms with van der Waals surface area (Å²) in [5, 5.41) is 3.43. The molecule has 162 valence electrons. The molecule has 1 fully saturated rings. The Balaban J connectivity index is 1.73. The normalized spacial score (nSPS) is 16.3. The van der Waals surface area contributed by atoms with Crippen molar-refractivity contribution in [2.75, 3.05) is 20.6 Å². The first-order chi connectivity index (χ1) is 14.2. The lowest BCUT2D eigenvalue weighted by Crippen LogP contribution is -3.16. The monoisotopic (exact) mass is 449 g/mol. The Morgan fingerprint density at radius 2 is 1.80 bits per heavy atom. The molecule has 2 N–H and O–H groups in total. The van der Waals surface area contributed by atoms with Crippen molar-refractivity contribution in [2.24, 2.45) is 0 Å². The van der Waals surface area contributed by atoms with Crippen LogP contribution < -0.4 is 10.2 Å². The van der Waals surface area contributed by atoms with Crippen molar-refractivity contribution < 1.29 is 18.1 Å². The molecule has 1 aliphatic carbocycles. The summed E-state index contributed by atoms with van der Waals surface area (Å²) >= 11 is 5.91. The quantitative estimate of drug-likeness (QED) is 0.680. The van der Waals surface area contributed by atoms with Crippen LogP contribution in [0.5, 0.6) is 0 Å². The molecule has 6 nitrogen and oxygen atoms in total. The van der Waals surface area contributed by atoms with Gasteiger partial charge in [-0.05, 0) is 37.1 Å². The van der Waals surface area contributed by atoms with E-state index in [-0.39, 0.29) is 22.0 Å². The first kappa shape index (κ1) is 22.6. The summed E-state index contributed by atoms with van der Waals surface area (Å²) in [6, 6.07) is 12.3. The Bertz CT molecular complexity index is 1000. The van der Waals surface area contributed by atoms with Crippen LogP contribution in [0.15, 0.2) is 53.4 Å². The predicted molar refractivity (Wildman–Crippen MR) is 119 cm³/mol. The minimum atomic E-state index is -3.96. The lowest BCUT2D eigenvalue weighted by atomic mass is 9.80. The second kappa shape index (κ2) is 9.37. The van der Waals surface area contributed by atoms with Crippen LogP contribution in [0.2, 0.25) is 5.02 Å². The van der Waals surface area contributed by atoms with Crippen LogP contribution >= 0.6 is 11.6 Å². The maximum Gasteiger partial charge on any atom is 0.251 e. The van der Waals surface area contributed by atoms with Crippen LogP contribution in [-0.2, 0) is 10.0 Å². The first-order valence-electron chi connectivity index (χ1n) is 10.1. The van der Waals surface area contributed by atoms with Gasteiger partial charge in [-0.15, -0.1) is 5.69 Å². The summed E-state index contributed by atoms with van der Waals surface area (Å²) in [4.78, 5) is 14.1. The summed E-state index contributed by atoms with van der Waals surface area (Å²) in [7, 11) is 0.289. The van der Waals surface area contributed by atoms with Crippen LogP contribution in [0, 0.1) is 0 Å². The molecule has 0 spiro atoms. The fourth-order valence-corrected chi connectivity index (χ4v) is 5.16. The first-order valence-corrected chi connectivity index (χ1v) is 12.0. The van der Waals surface area contributed by atoms with E-state index in [4.69, 9.17) is 11.6 Å². The van der Waals surface area contributed by atoms with E-state index in [2.05, 4.69) is 24.1 Å². The number of hydrogen-bond donors (Lipinski definition) is 2. The van der Waals surface area contributed by atoms with E-state index in [0.29, 0.717) is 17.1 Å². The summed E-state index contributed by atoms with van der Waals surface area (Å²) in [6.07, 6.45) is 5.71. The van der Waals surface area contributed by atoms with Crippen molar-refractivity contribution in [3.05, 3.63) is 63.8 Å². The Kier molecular flexibility index (Phi) is 7.06. The number of sulfonamides is 1. The van der Waals surface area contributed by atoms with Gasteiger partial charge in [0.2, 0.25) is 0 Å². The largest absolute Gasteiger partial charge is 0.573 e. The molecular weight excluding hydrogens is 422 g/mol. The molecule has 0 atom stereocenters. The van der Waals surface area contributed by atoms with Gasteiger partial charge in [-0.1, -0.05) is 42.3 Å². The predicted octanol–water partition coefficient (Wildman–Crippen LogP) is 3.31. The van der Waals surface area contributed by atoms with Crippen LogP contribution in [0.25, 0.3) is 4.72 Å². The molecule has 0 aliphatic heterocycles. The van der Waals surface area contributed by atoms with Crippen LogP contribution in [0.1, 0.15) is 42.5 Å². The maximum absolute atomic E-state index is 12.8. The lowest BCUT2D eigenvalue weighted by molar-refractivity contribution is -0.916. The number of carbonyl (C=O) groups is 1. The second-order valence-corrected chi connectivity index (χ2v) is 10.1. The number of halogens is 1. The van der Waals surface area contributed by atoms with E-state index in [1.165, 1.54) is 42.4 Å². The van der Waals surface area contributed by atoms with Crippen LogP contribution in [0.4, 0.5) is 5.69 Å². The molecule has 1 amide bonds. The number of carbonyl (C=O) groups excluding carboxylic acids is 1. The van der Waals surface area contributed by atoms with Crippen LogP contribution in [-0.4, -0.2) is 40.5 Å². The van der Waals surface area contributed by atoms with E-state index in [9.17, 15) is 13.2 Å². The Morgan fingerprint density at radius 3 is 2.47 bits per heavy atom. The zero-order valence-electron chi connectivity index (χ0n) is 17.3. The lowest BCUT2D eigenvalue weighted by Gasteiger charge is -2.39. The molecule has 0 heterocycles. The van der Waals surface area contributed by atoms with Crippen molar-refractivity contribution in [1.82, 2.24) is 5.32 Å². The summed E-state index contributed by atoms with van der Waals surface area (Å²) < 4.78 is 29.2.